The lowest BCUT2D eigenvalue weighted by Crippen LogP contribution is -2.25. The van der Waals surface area contributed by atoms with Crippen LogP contribution in [0.5, 0.6) is 0 Å². The molecule has 0 amide bonds. The smallest absolute Gasteiger partial charge is 0.275 e. The average Bonchev–Trinajstić information content (AvgIpc) is 2.87. The molecule has 0 aliphatic heterocycles. The van der Waals surface area contributed by atoms with Crippen LogP contribution in [0.15, 0.2) is 27.9 Å². The Morgan fingerprint density at radius 3 is 2.58 bits per heavy atom. The molecule has 10 heteroatoms. The van der Waals surface area contributed by atoms with Crippen molar-refractivity contribution in [1.29, 1.82) is 0 Å². The Morgan fingerprint density at radius 1 is 1.21 bits per heavy atom. The average molecular weight is 351 g/mol. The molecule has 0 fully saturated rings. The van der Waals surface area contributed by atoms with Gasteiger partial charge in [0.1, 0.15) is 17.3 Å². The van der Waals surface area contributed by atoms with Crippen molar-refractivity contribution in [1.82, 2.24) is 19.6 Å². The van der Waals surface area contributed by atoms with E-state index < -0.39 is 21.4 Å². The van der Waals surface area contributed by atoms with Crippen molar-refractivity contribution in [2.75, 3.05) is 4.72 Å². The molecule has 0 spiro atoms. The number of aryl methyl sites for hydroxylation is 3. The normalized spacial score (nSPS) is 11.8. The fraction of sp³-hybridized carbons (Fsp3) is 0.214. The second-order valence-corrected chi connectivity index (χ2v) is 7.02. The molecule has 0 aliphatic carbocycles. The molecule has 0 aliphatic rings. The zero-order chi connectivity index (χ0) is 17.6. The fourth-order valence-corrected chi connectivity index (χ4v) is 3.42. The second-order valence-electron chi connectivity index (χ2n) is 5.34. The van der Waals surface area contributed by atoms with Gasteiger partial charge in [-0.25, -0.2) is 17.8 Å². The van der Waals surface area contributed by atoms with Gasteiger partial charge in [-0.2, -0.15) is 9.50 Å². The van der Waals surface area contributed by atoms with Gasteiger partial charge in [0.2, 0.25) is 0 Å². The van der Waals surface area contributed by atoms with Crippen LogP contribution in [0, 0.1) is 26.6 Å². The Balaban J connectivity index is 2.11. The van der Waals surface area contributed by atoms with Gasteiger partial charge in [-0.15, -0.1) is 0 Å². The molecular weight excluding hydrogens is 337 g/mol. The summed E-state index contributed by atoms with van der Waals surface area (Å²) in [4.78, 5) is 20.4. The summed E-state index contributed by atoms with van der Waals surface area (Å²) in [7, 11) is -4.06. The zero-order valence-corrected chi connectivity index (χ0v) is 13.9. The highest BCUT2D eigenvalue weighted by molar-refractivity contribution is 7.92. The standard InChI is InChI=1S/C14H14FN5O3S/c1-7-6-10(4-5-11(7)15)24(22,23)19-12-8(2)16-14-17-9(3)18-20(14)13(12)21/h4-6,19H,1-3H3,(H,16,17,18). The maximum Gasteiger partial charge on any atom is 0.298 e. The summed E-state index contributed by atoms with van der Waals surface area (Å²) < 4.78 is 41.6. The summed E-state index contributed by atoms with van der Waals surface area (Å²) in [6, 6.07) is 3.38. The van der Waals surface area contributed by atoms with Gasteiger partial charge in [-0.1, -0.05) is 0 Å². The first-order chi connectivity index (χ1) is 11.2. The number of hydrogen-bond donors (Lipinski definition) is 2. The van der Waals surface area contributed by atoms with Gasteiger partial charge in [0.15, 0.2) is 0 Å². The molecule has 0 radical (unpaired) electrons. The minimum absolute atomic E-state index is 0.147. The third-order valence-electron chi connectivity index (χ3n) is 3.46. The van der Waals surface area contributed by atoms with E-state index in [1.54, 1.807) is 6.92 Å². The third-order valence-corrected chi connectivity index (χ3v) is 4.81. The number of hydrogen-bond acceptors (Lipinski definition) is 5. The number of halogens is 1. The van der Waals surface area contributed by atoms with Crippen LogP contribution in [-0.2, 0) is 10.0 Å². The van der Waals surface area contributed by atoms with E-state index in [0.717, 1.165) is 16.6 Å². The van der Waals surface area contributed by atoms with Crippen LogP contribution in [0.25, 0.3) is 5.78 Å². The summed E-state index contributed by atoms with van der Waals surface area (Å²) in [6.45, 7) is 4.60. The van der Waals surface area contributed by atoms with E-state index in [4.69, 9.17) is 0 Å². The summed E-state index contributed by atoms with van der Waals surface area (Å²) in [5.74, 6) is 0.102. The number of fused-ring (bicyclic) bond motifs is 1. The highest BCUT2D eigenvalue weighted by Gasteiger charge is 2.21. The Hall–Kier alpha value is -2.75. The molecule has 0 saturated carbocycles. The predicted molar refractivity (Wildman–Crippen MR) is 85.0 cm³/mol. The summed E-state index contributed by atoms with van der Waals surface area (Å²) >= 11 is 0. The van der Waals surface area contributed by atoms with Crippen molar-refractivity contribution in [3.05, 3.63) is 51.5 Å². The number of nitrogens with one attached hydrogen (secondary N) is 2. The number of aromatic amines is 1. The Bertz CT molecular complexity index is 1120. The van der Waals surface area contributed by atoms with Crippen LogP contribution in [0.1, 0.15) is 17.1 Å². The molecule has 0 saturated heterocycles. The lowest BCUT2D eigenvalue weighted by Gasteiger charge is -2.10. The topological polar surface area (TPSA) is 109 Å². The van der Waals surface area contributed by atoms with Crippen molar-refractivity contribution in [3.63, 3.8) is 0 Å². The van der Waals surface area contributed by atoms with Crippen LogP contribution >= 0.6 is 0 Å². The van der Waals surface area contributed by atoms with E-state index >= 15 is 0 Å². The van der Waals surface area contributed by atoms with Crippen molar-refractivity contribution in [3.8, 4) is 0 Å². The van der Waals surface area contributed by atoms with E-state index in [-0.39, 0.29) is 27.6 Å². The van der Waals surface area contributed by atoms with E-state index in [2.05, 4.69) is 19.8 Å². The Kier molecular flexibility index (Phi) is 3.63. The molecular formula is C14H14FN5O3S. The van der Waals surface area contributed by atoms with Crippen LogP contribution in [0.4, 0.5) is 10.1 Å². The molecule has 3 aromatic rings. The molecule has 126 valence electrons. The molecule has 3 rings (SSSR count). The van der Waals surface area contributed by atoms with E-state index in [9.17, 15) is 17.6 Å². The lowest BCUT2D eigenvalue weighted by molar-refractivity contribution is 0.598. The first-order valence-electron chi connectivity index (χ1n) is 6.94. The molecule has 2 heterocycles. The molecule has 2 aromatic heterocycles. The zero-order valence-electron chi connectivity index (χ0n) is 13.1. The molecule has 0 unspecified atom stereocenters. The predicted octanol–water partition coefficient (Wildman–Crippen LogP) is 1.28. The van der Waals surface area contributed by atoms with Crippen LogP contribution in [-0.4, -0.2) is 28.0 Å². The van der Waals surface area contributed by atoms with Gasteiger partial charge in [-0.3, -0.25) is 14.6 Å². The number of rotatable bonds is 3. The van der Waals surface area contributed by atoms with Crippen molar-refractivity contribution < 1.29 is 12.8 Å². The van der Waals surface area contributed by atoms with Crippen LogP contribution in [0.3, 0.4) is 0 Å². The number of sulfonamides is 1. The van der Waals surface area contributed by atoms with Gasteiger partial charge < -0.3 is 0 Å². The van der Waals surface area contributed by atoms with E-state index in [0.29, 0.717) is 5.82 Å². The second kappa shape index (κ2) is 5.41. The fourth-order valence-electron chi connectivity index (χ4n) is 2.22. The minimum atomic E-state index is -4.06. The van der Waals surface area contributed by atoms with Gasteiger partial charge in [0, 0.05) is 0 Å². The maximum atomic E-state index is 13.3. The molecule has 0 bridgehead atoms. The molecule has 8 nitrogen and oxygen atoms in total. The van der Waals surface area contributed by atoms with Gasteiger partial charge in [-0.05, 0) is 44.5 Å². The van der Waals surface area contributed by atoms with Gasteiger partial charge >= 0.3 is 0 Å². The minimum Gasteiger partial charge on any atom is -0.275 e. The first-order valence-corrected chi connectivity index (χ1v) is 8.42. The highest BCUT2D eigenvalue weighted by atomic mass is 32.2. The molecule has 24 heavy (non-hydrogen) atoms. The van der Waals surface area contributed by atoms with Gasteiger partial charge in [0.25, 0.3) is 21.4 Å². The SMILES string of the molecule is Cc1nc2nc(C)c(NS(=O)(=O)c3ccc(F)c(C)c3)c(=O)n2[nH]1. The van der Waals surface area contributed by atoms with E-state index in [1.807, 2.05) is 0 Å². The number of aromatic nitrogens is 4. The monoisotopic (exact) mass is 351 g/mol. The van der Waals surface area contributed by atoms with Crippen molar-refractivity contribution in [2.24, 2.45) is 0 Å². The number of benzene rings is 1. The largest absolute Gasteiger partial charge is 0.298 e. The Morgan fingerprint density at radius 2 is 1.92 bits per heavy atom. The van der Waals surface area contributed by atoms with Crippen LogP contribution in [0.2, 0.25) is 0 Å². The quantitative estimate of drug-likeness (QED) is 0.739. The maximum absolute atomic E-state index is 13.3. The van der Waals surface area contributed by atoms with Crippen molar-refractivity contribution in [2.45, 2.75) is 25.7 Å². The molecule has 0 atom stereocenters. The Labute approximate surface area is 136 Å². The van der Waals surface area contributed by atoms with Crippen molar-refractivity contribution >= 4 is 21.5 Å². The molecule has 2 N–H and O–H groups in total. The third kappa shape index (κ3) is 2.64. The number of anilines is 1. The first kappa shape index (κ1) is 16.1. The summed E-state index contributed by atoms with van der Waals surface area (Å²) in [6.07, 6.45) is 0. The summed E-state index contributed by atoms with van der Waals surface area (Å²) in [5, 5.41) is 2.68. The summed E-state index contributed by atoms with van der Waals surface area (Å²) in [5.41, 5.74) is -0.448. The lowest BCUT2D eigenvalue weighted by atomic mass is 10.2. The van der Waals surface area contributed by atoms with Crippen LogP contribution < -0.4 is 10.3 Å². The number of nitrogens with zero attached hydrogens (tertiary/aromatic N) is 3. The number of H-pyrrole nitrogens is 1. The van der Waals surface area contributed by atoms with E-state index in [1.165, 1.54) is 19.9 Å². The molecule has 1 aromatic carbocycles. The highest BCUT2D eigenvalue weighted by Crippen LogP contribution is 2.18. The van der Waals surface area contributed by atoms with Gasteiger partial charge in [0.05, 0.1) is 10.6 Å².